The summed E-state index contributed by atoms with van der Waals surface area (Å²) in [7, 11) is -4.44. The molecule has 9 heteroatoms. The molecule has 8 nitrogen and oxygen atoms in total. The van der Waals surface area contributed by atoms with Gasteiger partial charge in [0, 0.05) is 54.7 Å². The molecule has 0 atom stereocenters. The van der Waals surface area contributed by atoms with Gasteiger partial charge in [0.05, 0.1) is 0 Å². The van der Waals surface area contributed by atoms with Gasteiger partial charge < -0.3 is 14.4 Å². The number of carbonyl (C=O) groups is 1. The van der Waals surface area contributed by atoms with Gasteiger partial charge in [-0.05, 0) is 57.0 Å². The largest absolute Gasteiger partial charge is 0.481 e. The predicted octanol–water partition coefficient (Wildman–Crippen LogP) is 4.63. The van der Waals surface area contributed by atoms with Crippen LogP contribution in [0.25, 0.3) is 23.1 Å². The lowest BCUT2D eigenvalue weighted by atomic mass is 10.2. The van der Waals surface area contributed by atoms with Crippen LogP contribution < -0.4 is 9.47 Å². The molecule has 34 heavy (non-hydrogen) atoms. The summed E-state index contributed by atoms with van der Waals surface area (Å²) in [6, 6.07) is 9.54. The van der Waals surface area contributed by atoms with E-state index in [-0.39, 0.29) is 11.3 Å². The molecule has 0 aliphatic rings. The summed E-state index contributed by atoms with van der Waals surface area (Å²) in [6.45, 7) is 6.50. The highest BCUT2D eigenvalue weighted by molar-refractivity contribution is 7.85. The molecule has 3 rings (SSSR count). The van der Waals surface area contributed by atoms with Crippen molar-refractivity contribution in [1.29, 1.82) is 0 Å². The number of carboxylic acids is 1. The van der Waals surface area contributed by atoms with E-state index in [4.69, 9.17) is 9.52 Å². The number of unbranched alkanes of at least 4 members (excludes halogenated alkanes) is 2. The number of nitrogens with zero attached hydrogens (tertiary/aromatic N) is 2. The lowest BCUT2D eigenvalue weighted by molar-refractivity contribution is -0.699. The second-order valence-corrected chi connectivity index (χ2v) is 9.45. The number of aryl methyl sites for hydroxylation is 1. The molecule has 3 aromatic rings. The average Bonchev–Trinajstić information content (AvgIpc) is 3.20. The van der Waals surface area contributed by atoms with Crippen LogP contribution in [-0.2, 0) is 21.5 Å². The highest BCUT2D eigenvalue weighted by atomic mass is 32.2. The highest BCUT2D eigenvalue weighted by Gasteiger charge is 2.19. The van der Waals surface area contributed by atoms with E-state index in [0.29, 0.717) is 37.1 Å². The zero-order valence-corrected chi connectivity index (χ0v) is 20.3. The summed E-state index contributed by atoms with van der Waals surface area (Å²) in [5.74, 6) is -0.255. The van der Waals surface area contributed by atoms with Crippen molar-refractivity contribution in [3.05, 3.63) is 54.0 Å². The molecule has 0 saturated carbocycles. The number of hydrogen-bond donors (Lipinski definition) is 2. The van der Waals surface area contributed by atoms with E-state index in [9.17, 15) is 17.8 Å². The third-order valence-corrected chi connectivity index (χ3v) is 6.57. The molecule has 0 radical (unpaired) electrons. The third kappa shape index (κ3) is 6.68. The molecule has 0 aliphatic heterocycles. The molecule has 182 valence electrons. The fourth-order valence-electron chi connectivity index (χ4n) is 3.85. The Labute approximate surface area is 199 Å². The van der Waals surface area contributed by atoms with Crippen LogP contribution >= 0.6 is 0 Å². The average molecular weight is 488 g/mol. The van der Waals surface area contributed by atoms with Crippen molar-refractivity contribution < 1.29 is 31.9 Å². The molecule has 2 aromatic heterocycles. The van der Waals surface area contributed by atoms with Gasteiger partial charge in [-0.15, -0.1) is 0 Å². The van der Waals surface area contributed by atoms with Crippen LogP contribution in [-0.4, -0.2) is 37.1 Å². The van der Waals surface area contributed by atoms with Crippen molar-refractivity contribution in [2.75, 3.05) is 18.0 Å². The fourth-order valence-corrected chi connectivity index (χ4v) is 4.55. The zero-order valence-electron chi connectivity index (χ0n) is 19.5. The molecule has 0 aliphatic carbocycles. The summed E-state index contributed by atoms with van der Waals surface area (Å²) >= 11 is 0. The van der Waals surface area contributed by atoms with Gasteiger partial charge >= 0.3 is 16.1 Å². The Bertz CT molecular complexity index is 1280. The van der Waals surface area contributed by atoms with Gasteiger partial charge in [-0.3, -0.25) is 9.35 Å². The van der Waals surface area contributed by atoms with Crippen LogP contribution in [0.5, 0.6) is 0 Å². The van der Waals surface area contributed by atoms with Crippen LogP contribution in [0.4, 0.5) is 5.69 Å². The normalized spacial score (nSPS) is 12.0. The molecule has 0 spiro atoms. The third-order valence-electron chi connectivity index (χ3n) is 5.68. The maximum Gasteiger partial charge on any atom is 0.303 e. The minimum absolute atomic E-state index is 0.114. The Morgan fingerprint density at radius 2 is 1.85 bits per heavy atom. The molecule has 0 fully saturated rings. The minimum Gasteiger partial charge on any atom is -0.481 e. The molecule has 2 N–H and O–H groups in total. The number of carboxylic acid groups (broad SMARTS) is 1. The number of rotatable bonds is 12. The second-order valence-electron chi connectivity index (χ2n) is 8.06. The Kier molecular flexibility index (Phi) is 8.46. The van der Waals surface area contributed by atoms with Crippen LogP contribution in [0.2, 0.25) is 0 Å². The smallest absolute Gasteiger partial charge is 0.303 e. The first-order chi connectivity index (χ1) is 16.2. The van der Waals surface area contributed by atoms with E-state index in [2.05, 4.69) is 18.7 Å². The summed E-state index contributed by atoms with van der Waals surface area (Å²) < 4.78 is 41.3. The molecule has 0 saturated heterocycles. The molecular formula is C25H31N2O6S+. The van der Waals surface area contributed by atoms with E-state index < -0.39 is 16.1 Å². The quantitative estimate of drug-likeness (QED) is 0.218. The number of pyridine rings is 1. The summed E-state index contributed by atoms with van der Waals surface area (Å²) in [5.41, 5.74) is 2.16. The fraction of sp³-hybridized carbons (Fsp3) is 0.360. The van der Waals surface area contributed by atoms with Gasteiger partial charge in [0.15, 0.2) is 17.3 Å². The van der Waals surface area contributed by atoms with Gasteiger partial charge in [-0.2, -0.15) is 8.42 Å². The Morgan fingerprint density at radius 1 is 1.09 bits per heavy atom. The first kappa shape index (κ1) is 25.5. The van der Waals surface area contributed by atoms with Crippen molar-refractivity contribution in [3.8, 4) is 0 Å². The van der Waals surface area contributed by atoms with Gasteiger partial charge in [0.25, 0.3) is 0 Å². The molecular weight excluding hydrogens is 456 g/mol. The first-order valence-electron chi connectivity index (χ1n) is 11.4. The van der Waals surface area contributed by atoms with E-state index in [1.54, 1.807) is 29.0 Å². The highest BCUT2D eigenvalue weighted by Crippen LogP contribution is 2.26. The number of hydrogen-bond acceptors (Lipinski definition) is 5. The lowest BCUT2D eigenvalue weighted by Crippen LogP contribution is -2.34. The van der Waals surface area contributed by atoms with E-state index in [1.165, 1.54) is 6.20 Å². The molecule has 0 bridgehead atoms. The van der Waals surface area contributed by atoms with Crippen molar-refractivity contribution in [2.24, 2.45) is 0 Å². The SMILES string of the molecule is CCN(CC)c1ccc2cc(/C=C/c3cc[n+](CCCCCC(=O)O)cc3S(=O)(=O)O)oc2c1. The van der Waals surface area contributed by atoms with Crippen molar-refractivity contribution in [2.45, 2.75) is 51.0 Å². The second kappa shape index (κ2) is 11.3. The Balaban J connectivity index is 1.79. The van der Waals surface area contributed by atoms with E-state index in [0.717, 1.165) is 29.7 Å². The van der Waals surface area contributed by atoms with Gasteiger partial charge in [0.1, 0.15) is 17.9 Å². The molecule has 2 heterocycles. The number of aromatic nitrogens is 1. The Morgan fingerprint density at radius 3 is 2.53 bits per heavy atom. The zero-order chi connectivity index (χ0) is 24.7. The van der Waals surface area contributed by atoms with Crippen molar-refractivity contribution >= 4 is 44.9 Å². The summed E-state index contributed by atoms with van der Waals surface area (Å²) in [6.07, 6.45) is 8.50. The minimum atomic E-state index is -4.44. The molecule has 0 amide bonds. The predicted molar refractivity (Wildman–Crippen MR) is 131 cm³/mol. The van der Waals surface area contributed by atoms with Gasteiger partial charge in [0.2, 0.25) is 0 Å². The van der Waals surface area contributed by atoms with E-state index >= 15 is 0 Å². The maximum atomic E-state index is 12.0. The molecule has 1 aromatic carbocycles. The summed E-state index contributed by atoms with van der Waals surface area (Å²) in [5, 5.41) is 9.64. The number of benzene rings is 1. The standard InChI is InChI=1S/C25H30N2O6S/c1-3-27(4-2)21-11-9-20-16-22(33-23(20)17-21)12-10-19-13-15-26(18-24(19)34(30,31)32)14-7-5-6-8-25(28)29/h9-13,15-18H,3-8,14H2,1-2H3,(H-,28,29,30,31,32)/p+1. The maximum absolute atomic E-state index is 12.0. The first-order valence-corrected chi connectivity index (χ1v) is 12.8. The molecule has 0 unspecified atom stereocenters. The monoisotopic (exact) mass is 487 g/mol. The van der Waals surface area contributed by atoms with Crippen LogP contribution in [0, 0.1) is 0 Å². The summed E-state index contributed by atoms with van der Waals surface area (Å²) in [4.78, 5) is 12.6. The Hall–Kier alpha value is -3.17. The lowest BCUT2D eigenvalue weighted by Gasteiger charge is -2.20. The van der Waals surface area contributed by atoms with Crippen molar-refractivity contribution in [3.63, 3.8) is 0 Å². The van der Waals surface area contributed by atoms with E-state index in [1.807, 2.05) is 24.3 Å². The van der Waals surface area contributed by atoms with Crippen LogP contribution in [0.15, 0.2) is 52.0 Å². The number of aliphatic carboxylic acids is 1. The van der Waals surface area contributed by atoms with Crippen molar-refractivity contribution in [1.82, 2.24) is 0 Å². The van der Waals surface area contributed by atoms with Gasteiger partial charge in [-0.1, -0.05) is 0 Å². The number of furan rings is 1. The number of fused-ring (bicyclic) bond motifs is 1. The van der Waals surface area contributed by atoms with Gasteiger partial charge in [-0.25, -0.2) is 4.57 Å². The van der Waals surface area contributed by atoms with Crippen LogP contribution in [0.3, 0.4) is 0 Å². The number of anilines is 1. The van der Waals surface area contributed by atoms with Crippen LogP contribution in [0.1, 0.15) is 50.9 Å². The topological polar surface area (TPSA) is 112 Å².